The van der Waals surface area contributed by atoms with Gasteiger partial charge in [-0.1, -0.05) is 18.5 Å². The van der Waals surface area contributed by atoms with Crippen LogP contribution < -0.4 is 5.32 Å². The SMILES string of the molecule is CCC(C)N(C)CCNc1ccc(C#N)c(Cl)c1. The monoisotopic (exact) mass is 265 g/mol. The predicted molar refractivity (Wildman–Crippen MR) is 77.0 cm³/mol. The molecule has 98 valence electrons. The van der Waals surface area contributed by atoms with Gasteiger partial charge >= 0.3 is 0 Å². The lowest BCUT2D eigenvalue weighted by molar-refractivity contribution is 0.261. The van der Waals surface area contributed by atoms with Crippen molar-refractivity contribution >= 4 is 17.3 Å². The zero-order chi connectivity index (χ0) is 13.5. The van der Waals surface area contributed by atoms with Crippen LogP contribution in [0, 0.1) is 11.3 Å². The van der Waals surface area contributed by atoms with E-state index in [0.717, 1.165) is 25.2 Å². The fraction of sp³-hybridized carbons (Fsp3) is 0.500. The van der Waals surface area contributed by atoms with Crippen molar-refractivity contribution in [2.75, 3.05) is 25.5 Å². The number of nitrogens with zero attached hydrogens (tertiary/aromatic N) is 2. The Morgan fingerprint density at radius 3 is 2.78 bits per heavy atom. The van der Waals surface area contributed by atoms with Crippen molar-refractivity contribution in [3.05, 3.63) is 28.8 Å². The quantitative estimate of drug-likeness (QED) is 0.857. The van der Waals surface area contributed by atoms with Gasteiger partial charge in [0.2, 0.25) is 0 Å². The van der Waals surface area contributed by atoms with Crippen LogP contribution in [0.25, 0.3) is 0 Å². The van der Waals surface area contributed by atoms with E-state index in [1.807, 2.05) is 6.07 Å². The Kier molecular flexibility index (Phi) is 5.97. The summed E-state index contributed by atoms with van der Waals surface area (Å²) in [5.74, 6) is 0. The van der Waals surface area contributed by atoms with Crippen molar-refractivity contribution in [2.24, 2.45) is 0 Å². The molecule has 0 saturated carbocycles. The first kappa shape index (κ1) is 14.8. The number of halogens is 1. The molecule has 0 bridgehead atoms. The maximum absolute atomic E-state index is 8.78. The van der Waals surface area contributed by atoms with Gasteiger partial charge in [-0.2, -0.15) is 5.26 Å². The van der Waals surface area contributed by atoms with Crippen LogP contribution in [0.4, 0.5) is 5.69 Å². The Morgan fingerprint density at radius 2 is 2.22 bits per heavy atom. The second kappa shape index (κ2) is 7.25. The molecule has 0 aliphatic rings. The Hall–Kier alpha value is -1.24. The molecule has 0 aromatic heterocycles. The summed E-state index contributed by atoms with van der Waals surface area (Å²) in [5, 5.41) is 12.6. The molecule has 1 aromatic rings. The zero-order valence-electron chi connectivity index (χ0n) is 11.2. The van der Waals surface area contributed by atoms with E-state index in [-0.39, 0.29) is 0 Å². The first-order valence-electron chi connectivity index (χ1n) is 6.22. The van der Waals surface area contributed by atoms with Crippen LogP contribution in [-0.2, 0) is 0 Å². The van der Waals surface area contributed by atoms with Crippen LogP contribution in [-0.4, -0.2) is 31.1 Å². The molecule has 1 atom stereocenters. The van der Waals surface area contributed by atoms with E-state index < -0.39 is 0 Å². The van der Waals surface area contributed by atoms with Gasteiger partial charge in [0.1, 0.15) is 6.07 Å². The van der Waals surface area contributed by atoms with E-state index in [4.69, 9.17) is 16.9 Å². The van der Waals surface area contributed by atoms with Gasteiger partial charge < -0.3 is 10.2 Å². The normalized spacial score (nSPS) is 12.2. The largest absolute Gasteiger partial charge is 0.384 e. The van der Waals surface area contributed by atoms with Crippen molar-refractivity contribution in [1.82, 2.24) is 4.90 Å². The second-order valence-electron chi connectivity index (χ2n) is 4.47. The maximum atomic E-state index is 8.78. The number of rotatable bonds is 6. The average Bonchev–Trinajstić information content (AvgIpc) is 2.37. The first-order chi connectivity index (χ1) is 8.58. The van der Waals surface area contributed by atoms with E-state index >= 15 is 0 Å². The summed E-state index contributed by atoms with van der Waals surface area (Å²) >= 11 is 5.97. The van der Waals surface area contributed by atoms with E-state index in [2.05, 4.69) is 37.2 Å². The highest BCUT2D eigenvalue weighted by Crippen LogP contribution is 2.19. The van der Waals surface area contributed by atoms with E-state index in [1.165, 1.54) is 0 Å². The van der Waals surface area contributed by atoms with Crippen molar-refractivity contribution in [2.45, 2.75) is 26.3 Å². The van der Waals surface area contributed by atoms with Crippen LogP contribution in [0.15, 0.2) is 18.2 Å². The molecule has 0 heterocycles. The lowest BCUT2D eigenvalue weighted by Gasteiger charge is -2.23. The molecule has 1 aromatic carbocycles. The number of benzene rings is 1. The van der Waals surface area contributed by atoms with Gasteiger partial charge in [-0.15, -0.1) is 0 Å². The first-order valence-corrected chi connectivity index (χ1v) is 6.60. The van der Waals surface area contributed by atoms with E-state index in [1.54, 1.807) is 12.1 Å². The Balaban J connectivity index is 2.45. The van der Waals surface area contributed by atoms with Crippen molar-refractivity contribution < 1.29 is 0 Å². The summed E-state index contributed by atoms with van der Waals surface area (Å²) in [7, 11) is 2.13. The molecule has 0 aliphatic heterocycles. The summed E-state index contributed by atoms with van der Waals surface area (Å²) in [5.41, 5.74) is 1.47. The van der Waals surface area contributed by atoms with Gasteiger partial charge in [0.25, 0.3) is 0 Å². The smallest absolute Gasteiger partial charge is 0.101 e. The molecule has 4 heteroatoms. The molecule has 1 unspecified atom stereocenters. The molecule has 3 nitrogen and oxygen atoms in total. The van der Waals surface area contributed by atoms with Gasteiger partial charge in [-0.3, -0.25) is 0 Å². The molecule has 0 saturated heterocycles. The summed E-state index contributed by atoms with van der Waals surface area (Å²) in [4.78, 5) is 2.32. The third-order valence-corrected chi connectivity index (χ3v) is 3.54. The molecular formula is C14H20ClN3. The number of hydrogen-bond donors (Lipinski definition) is 1. The van der Waals surface area contributed by atoms with E-state index in [0.29, 0.717) is 16.6 Å². The lowest BCUT2D eigenvalue weighted by atomic mass is 10.2. The second-order valence-corrected chi connectivity index (χ2v) is 4.88. The Labute approximate surface area is 114 Å². The molecular weight excluding hydrogens is 246 g/mol. The van der Waals surface area contributed by atoms with Crippen LogP contribution in [0.2, 0.25) is 5.02 Å². The van der Waals surface area contributed by atoms with Gasteiger partial charge in [0, 0.05) is 24.8 Å². The minimum absolute atomic E-state index is 0.498. The topological polar surface area (TPSA) is 39.1 Å². The Bertz CT molecular complexity index is 426. The maximum Gasteiger partial charge on any atom is 0.101 e. The Morgan fingerprint density at radius 1 is 1.50 bits per heavy atom. The van der Waals surface area contributed by atoms with Crippen molar-refractivity contribution in [1.29, 1.82) is 5.26 Å². The molecule has 0 radical (unpaired) electrons. The van der Waals surface area contributed by atoms with Gasteiger partial charge in [0.15, 0.2) is 0 Å². The molecule has 18 heavy (non-hydrogen) atoms. The predicted octanol–water partition coefficient (Wildman–Crippen LogP) is 3.35. The molecule has 0 amide bonds. The van der Waals surface area contributed by atoms with Crippen LogP contribution >= 0.6 is 11.6 Å². The van der Waals surface area contributed by atoms with Gasteiger partial charge in [-0.05, 0) is 38.6 Å². The van der Waals surface area contributed by atoms with Crippen LogP contribution in [0.5, 0.6) is 0 Å². The van der Waals surface area contributed by atoms with Gasteiger partial charge in [0.05, 0.1) is 10.6 Å². The summed E-state index contributed by atoms with van der Waals surface area (Å²) in [6, 6.07) is 8.06. The number of hydrogen-bond acceptors (Lipinski definition) is 3. The van der Waals surface area contributed by atoms with Crippen LogP contribution in [0.1, 0.15) is 25.8 Å². The lowest BCUT2D eigenvalue weighted by Crippen LogP contribution is -2.32. The highest BCUT2D eigenvalue weighted by molar-refractivity contribution is 6.32. The third kappa shape index (κ3) is 4.21. The third-order valence-electron chi connectivity index (χ3n) is 3.23. The summed E-state index contributed by atoms with van der Waals surface area (Å²) in [6.45, 7) is 6.25. The zero-order valence-corrected chi connectivity index (χ0v) is 12.0. The highest BCUT2D eigenvalue weighted by Gasteiger charge is 2.06. The fourth-order valence-corrected chi connectivity index (χ4v) is 1.85. The number of anilines is 1. The highest BCUT2D eigenvalue weighted by atomic mass is 35.5. The van der Waals surface area contributed by atoms with Crippen molar-refractivity contribution in [3.8, 4) is 6.07 Å². The number of nitrogens with one attached hydrogen (secondary N) is 1. The standard InChI is InChI=1S/C14H20ClN3/c1-4-11(2)18(3)8-7-17-13-6-5-12(10-16)14(15)9-13/h5-6,9,11,17H,4,7-8H2,1-3H3. The fourth-order valence-electron chi connectivity index (χ4n) is 1.62. The molecule has 0 spiro atoms. The van der Waals surface area contributed by atoms with E-state index in [9.17, 15) is 0 Å². The molecule has 0 aliphatic carbocycles. The summed E-state index contributed by atoms with van der Waals surface area (Å²) in [6.07, 6.45) is 1.15. The van der Waals surface area contributed by atoms with Crippen LogP contribution in [0.3, 0.4) is 0 Å². The number of nitriles is 1. The molecule has 0 fully saturated rings. The minimum Gasteiger partial charge on any atom is -0.384 e. The average molecular weight is 266 g/mol. The van der Waals surface area contributed by atoms with Crippen molar-refractivity contribution in [3.63, 3.8) is 0 Å². The minimum atomic E-state index is 0.498. The molecule has 1 rings (SSSR count). The number of likely N-dealkylation sites (N-methyl/N-ethyl adjacent to an activating group) is 1. The molecule has 1 N–H and O–H groups in total. The summed E-state index contributed by atoms with van der Waals surface area (Å²) < 4.78 is 0. The van der Waals surface area contributed by atoms with Gasteiger partial charge in [-0.25, -0.2) is 0 Å².